The van der Waals surface area contributed by atoms with Gasteiger partial charge in [-0.15, -0.1) is 11.3 Å². The van der Waals surface area contributed by atoms with E-state index in [0.717, 1.165) is 19.5 Å². The predicted molar refractivity (Wildman–Crippen MR) is 76.6 cm³/mol. The van der Waals surface area contributed by atoms with E-state index in [4.69, 9.17) is 0 Å². The number of carbonyl (C=O) groups excluding carboxylic acids is 1. The first-order chi connectivity index (χ1) is 9.33. The molecule has 1 amide bonds. The fraction of sp³-hybridized carbons (Fsp3) is 0.286. The van der Waals surface area contributed by atoms with Crippen LogP contribution in [-0.2, 0) is 0 Å². The Labute approximate surface area is 116 Å². The van der Waals surface area contributed by atoms with Crippen LogP contribution in [0.2, 0.25) is 0 Å². The zero-order chi connectivity index (χ0) is 13.1. The molecule has 0 radical (unpaired) electrons. The summed E-state index contributed by atoms with van der Waals surface area (Å²) >= 11 is 1.37. The molecule has 1 aliphatic heterocycles. The van der Waals surface area contributed by atoms with E-state index in [1.807, 2.05) is 23.6 Å². The van der Waals surface area contributed by atoms with Gasteiger partial charge in [-0.3, -0.25) is 4.79 Å². The zero-order valence-electron chi connectivity index (χ0n) is 10.5. The third-order valence-corrected chi connectivity index (χ3v) is 4.04. The Balaban J connectivity index is 1.59. The Morgan fingerprint density at radius 1 is 1.37 bits per heavy atom. The number of benzene rings is 1. The van der Waals surface area contributed by atoms with Gasteiger partial charge < -0.3 is 10.2 Å². The van der Waals surface area contributed by atoms with Gasteiger partial charge in [0.2, 0.25) is 0 Å². The maximum Gasteiger partial charge on any atom is 0.280 e. The van der Waals surface area contributed by atoms with Gasteiger partial charge in [-0.1, -0.05) is 18.2 Å². The molecule has 0 aliphatic carbocycles. The second kappa shape index (κ2) is 5.40. The molecule has 5 heteroatoms. The molecular weight excluding hydrogens is 258 g/mol. The Bertz CT molecular complexity index is 541. The van der Waals surface area contributed by atoms with Gasteiger partial charge in [0.05, 0.1) is 0 Å². The number of rotatable bonds is 3. The molecule has 1 N–H and O–H groups in total. The van der Waals surface area contributed by atoms with Crippen LogP contribution >= 0.6 is 11.3 Å². The van der Waals surface area contributed by atoms with Crippen LogP contribution in [0.1, 0.15) is 16.2 Å². The van der Waals surface area contributed by atoms with Gasteiger partial charge in [-0.2, -0.15) is 0 Å². The molecule has 1 atom stereocenters. The number of hydrogen-bond acceptors (Lipinski definition) is 4. The van der Waals surface area contributed by atoms with Crippen molar-refractivity contribution in [1.82, 2.24) is 10.3 Å². The smallest absolute Gasteiger partial charge is 0.280 e. The highest BCUT2D eigenvalue weighted by Crippen LogP contribution is 2.20. The summed E-state index contributed by atoms with van der Waals surface area (Å²) in [6, 6.07) is 10.5. The summed E-state index contributed by atoms with van der Waals surface area (Å²) < 4.78 is 0. The molecule has 98 valence electrons. The van der Waals surface area contributed by atoms with Crippen molar-refractivity contribution in [3.05, 3.63) is 46.9 Å². The van der Waals surface area contributed by atoms with E-state index in [-0.39, 0.29) is 11.9 Å². The van der Waals surface area contributed by atoms with Crippen LogP contribution < -0.4 is 10.2 Å². The van der Waals surface area contributed by atoms with Crippen molar-refractivity contribution in [2.24, 2.45) is 0 Å². The van der Waals surface area contributed by atoms with Crippen LogP contribution in [0.15, 0.2) is 41.9 Å². The van der Waals surface area contributed by atoms with E-state index in [9.17, 15) is 4.79 Å². The van der Waals surface area contributed by atoms with Crippen molar-refractivity contribution in [2.75, 3.05) is 18.0 Å². The molecule has 2 aromatic rings. The van der Waals surface area contributed by atoms with Gasteiger partial charge >= 0.3 is 0 Å². The van der Waals surface area contributed by atoms with Crippen LogP contribution in [0.3, 0.4) is 0 Å². The molecule has 2 heterocycles. The number of anilines is 1. The molecular formula is C14H15N3OS. The Morgan fingerprint density at radius 2 is 2.21 bits per heavy atom. The summed E-state index contributed by atoms with van der Waals surface area (Å²) in [5.41, 5.74) is 1.22. The first-order valence-corrected chi connectivity index (χ1v) is 7.21. The summed E-state index contributed by atoms with van der Waals surface area (Å²) in [5.74, 6) is -0.0603. The van der Waals surface area contributed by atoms with Crippen molar-refractivity contribution in [2.45, 2.75) is 12.5 Å². The molecule has 1 fully saturated rings. The van der Waals surface area contributed by atoms with Crippen molar-refractivity contribution in [1.29, 1.82) is 0 Å². The largest absolute Gasteiger partial charge is 0.369 e. The Kier molecular flexibility index (Phi) is 3.46. The van der Waals surface area contributed by atoms with E-state index in [1.165, 1.54) is 17.0 Å². The van der Waals surface area contributed by atoms with Gasteiger partial charge in [0.25, 0.3) is 5.91 Å². The molecule has 1 saturated heterocycles. The van der Waals surface area contributed by atoms with Gasteiger partial charge in [0.15, 0.2) is 5.01 Å². The first kappa shape index (κ1) is 12.2. The molecule has 4 nitrogen and oxygen atoms in total. The first-order valence-electron chi connectivity index (χ1n) is 6.33. The monoisotopic (exact) mass is 273 g/mol. The lowest BCUT2D eigenvalue weighted by Crippen LogP contribution is -2.37. The lowest BCUT2D eigenvalue weighted by molar-refractivity contribution is 0.0940. The van der Waals surface area contributed by atoms with Crippen LogP contribution in [0.5, 0.6) is 0 Å². The van der Waals surface area contributed by atoms with Gasteiger partial charge in [0.1, 0.15) is 0 Å². The fourth-order valence-corrected chi connectivity index (χ4v) is 2.87. The summed E-state index contributed by atoms with van der Waals surface area (Å²) in [7, 11) is 0. The predicted octanol–water partition coefficient (Wildman–Crippen LogP) is 2.15. The average molecular weight is 273 g/mol. The van der Waals surface area contributed by atoms with E-state index in [1.54, 1.807) is 6.20 Å². The van der Waals surface area contributed by atoms with Gasteiger partial charge in [-0.05, 0) is 18.6 Å². The van der Waals surface area contributed by atoms with Gasteiger partial charge in [0, 0.05) is 36.4 Å². The van der Waals surface area contributed by atoms with Crippen molar-refractivity contribution in [3.8, 4) is 0 Å². The summed E-state index contributed by atoms with van der Waals surface area (Å²) in [4.78, 5) is 18.2. The number of nitrogens with zero attached hydrogens (tertiary/aromatic N) is 2. The van der Waals surface area contributed by atoms with E-state index >= 15 is 0 Å². The molecule has 0 saturated carbocycles. The average Bonchev–Trinajstić information content (AvgIpc) is 3.11. The van der Waals surface area contributed by atoms with Crippen LogP contribution in [0.25, 0.3) is 0 Å². The standard InChI is InChI=1S/C14H15N3OS/c18-13(14-15-7-9-19-14)16-11-6-8-17(10-11)12-4-2-1-3-5-12/h1-5,7,9,11H,6,8,10H2,(H,16,18). The highest BCUT2D eigenvalue weighted by atomic mass is 32.1. The maximum atomic E-state index is 11.9. The maximum absolute atomic E-state index is 11.9. The van der Waals surface area contributed by atoms with Gasteiger partial charge in [-0.25, -0.2) is 4.98 Å². The molecule has 0 bridgehead atoms. The highest BCUT2D eigenvalue weighted by molar-refractivity contribution is 7.11. The zero-order valence-corrected chi connectivity index (χ0v) is 11.3. The molecule has 1 aromatic heterocycles. The number of nitrogens with one attached hydrogen (secondary N) is 1. The minimum Gasteiger partial charge on any atom is -0.369 e. The molecule has 19 heavy (non-hydrogen) atoms. The molecule has 1 aliphatic rings. The number of carbonyl (C=O) groups is 1. The topological polar surface area (TPSA) is 45.2 Å². The quantitative estimate of drug-likeness (QED) is 0.932. The van der Waals surface area contributed by atoms with Crippen LogP contribution in [0.4, 0.5) is 5.69 Å². The second-order valence-electron chi connectivity index (χ2n) is 4.58. The minimum absolute atomic E-state index is 0.0603. The molecule has 3 rings (SSSR count). The number of aromatic nitrogens is 1. The normalized spacial score (nSPS) is 18.5. The minimum atomic E-state index is -0.0603. The Hall–Kier alpha value is -1.88. The van der Waals surface area contributed by atoms with Crippen molar-refractivity contribution < 1.29 is 4.79 Å². The second-order valence-corrected chi connectivity index (χ2v) is 5.47. The van der Waals surface area contributed by atoms with Crippen LogP contribution in [0, 0.1) is 0 Å². The molecule has 0 spiro atoms. The summed E-state index contributed by atoms with van der Waals surface area (Å²) in [5, 5.41) is 5.41. The van der Waals surface area contributed by atoms with Crippen molar-refractivity contribution >= 4 is 22.9 Å². The third kappa shape index (κ3) is 2.76. The van der Waals surface area contributed by atoms with Crippen LogP contribution in [-0.4, -0.2) is 30.0 Å². The van der Waals surface area contributed by atoms with E-state index < -0.39 is 0 Å². The Morgan fingerprint density at radius 3 is 2.95 bits per heavy atom. The highest BCUT2D eigenvalue weighted by Gasteiger charge is 2.24. The number of amides is 1. The number of para-hydroxylation sites is 1. The number of hydrogen-bond donors (Lipinski definition) is 1. The number of thiazole rings is 1. The summed E-state index contributed by atoms with van der Waals surface area (Å²) in [6.07, 6.45) is 2.64. The van der Waals surface area contributed by atoms with E-state index in [2.05, 4.69) is 27.3 Å². The summed E-state index contributed by atoms with van der Waals surface area (Å²) in [6.45, 7) is 1.84. The molecule has 1 aromatic carbocycles. The molecule has 1 unspecified atom stereocenters. The lowest BCUT2D eigenvalue weighted by Gasteiger charge is -2.18. The van der Waals surface area contributed by atoms with Crippen molar-refractivity contribution in [3.63, 3.8) is 0 Å². The SMILES string of the molecule is O=C(NC1CCN(c2ccccc2)C1)c1nccs1. The van der Waals surface area contributed by atoms with E-state index in [0.29, 0.717) is 5.01 Å². The fourth-order valence-electron chi connectivity index (χ4n) is 2.33. The lowest BCUT2D eigenvalue weighted by atomic mass is 10.2. The third-order valence-electron chi connectivity index (χ3n) is 3.27.